The van der Waals surface area contributed by atoms with E-state index in [9.17, 15) is 5.11 Å². The average Bonchev–Trinajstić information content (AvgIpc) is 2.83. The molecule has 0 saturated heterocycles. The van der Waals surface area contributed by atoms with E-state index in [1.165, 1.54) is 0 Å². The summed E-state index contributed by atoms with van der Waals surface area (Å²) in [6, 6.07) is 7.27. The van der Waals surface area contributed by atoms with Crippen LogP contribution in [0.4, 0.5) is 0 Å². The van der Waals surface area contributed by atoms with Gasteiger partial charge in [0.25, 0.3) is 0 Å². The van der Waals surface area contributed by atoms with Crippen molar-refractivity contribution in [3.8, 4) is 5.75 Å². The molecule has 132 valence electrons. The Morgan fingerprint density at radius 2 is 2.08 bits per heavy atom. The van der Waals surface area contributed by atoms with Gasteiger partial charge in [0.15, 0.2) is 5.96 Å². The van der Waals surface area contributed by atoms with Crippen LogP contribution in [0, 0.1) is 13.8 Å². The highest BCUT2D eigenvalue weighted by Gasteiger charge is 2.05. The molecule has 0 amide bonds. The first-order chi connectivity index (χ1) is 11.1. The second-order valence-corrected chi connectivity index (χ2v) is 5.29. The van der Waals surface area contributed by atoms with Crippen molar-refractivity contribution in [1.29, 1.82) is 0 Å². The summed E-state index contributed by atoms with van der Waals surface area (Å²) in [4.78, 5) is 8.80. The van der Waals surface area contributed by atoms with Gasteiger partial charge in [0, 0.05) is 13.1 Å². The molecule has 0 aliphatic heterocycles. The number of hydrogen-bond donors (Lipinski definition) is 3. The largest absolute Gasteiger partial charge is 0.508 e. The summed E-state index contributed by atoms with van der Waals surface area (Å²) >= 11 is 0. The number of guanidine groups is 1. The van der Waals surface area contributed by atoms with Crippen molar-refractivity contribution >= 4 is 29.9 Å². The minimum atomic E-state index is 0. The lowest BCUT2D eigenvalue weighted by Crippen LogP contribution is -2.38. The molecule has 0 radical (unpaired) electrons. The minimum Gasteiger partial charge on any atom is -0.508 e. The predicted octanol–water partition coefficient (Wildman–Crippen LogP) is 2.91. The van der Waals surface area contributed by atoms with Gasteiger partial charge < -0.3 is 20.2 Å². The third-order valence-corrected chi connectivity index (χ3v) is 3.41. The van der Waals surface area contributed by atoms with Crippen LogP contribution in [-0.2, 0) is 13.0 Å². The van der Waals surface area contributed by atoms with Gasteiger partial charge >= 0.3 is 0 Å². The molecule has 7 heteroatoms. The van der Waals surface area contributed by atoms with E-state index in [2.05, 4.69) is 20.6 Å². The van der Waals surface area contributed by atoms with E-state index in [4.69, 9.17) is 4.42 Å². The molecule has 2 rings (SSSR count). The lowest BCUT2D eigenvalue weighted by atomic mass is 10.1. The van der Waals surface area contributed by atoms with Gasteiger partial charge in [-0.2, -0.15) is 0 Å². The van der Waals surface area contributed by atoms with Crippen molar-refractivity contribution in [3.63, 3.8) is 0 Å². The summed E-state index contributed by atoms with van der Waals surface area (Å²) in [6.45, 7) is 7.74. The molecule has 1 aromatic heterocycles. The Morgan fingerprint density at radius 3 is 2.71 bits per heavy atom. The highest BCUT2D eigenvalue weighted by Crippen LogP contribution is 2.11. The molecule has 0 aliphatic carbocycles. The van der Waals surface area contributed by atoms with E-state index in [-0.39, 0.29) is 29.7 Å². The highest BCUT2D eigenvalue weighted by atomic mass is 127. The topological polar surface area (TPSA) is 82.7 Å². The number of aryl methyl sites for hydroxylation is 2. The molecular formula is C17H25IN4O2. The molecule has 0 saturated carbocycles. The molecule has 2 aromatic rings. The van der Waals surface area contributed by atoms with E-state index in [1.807, 2.05) is 32.9 Å². The third kappa shape index (κ3) is 6.38. The molecule has 0 atom stereocenters. The van der Waals surface area contributed by atoms with Crippen LogP contribution in [0.3, 0.4) is 0 Å². The first-order valence-corrected chi connectivity index (χ1v) is 7.81. The molecule has 24 heavy (non-hydrogen) atoms. The van der Waals surface area contributed by atoms with Crippen LogP contribution in [-0.4, -0.2) is 29.1 Å². The van der Waals surface area contributed by atoms with E-state index in [1.54, 1.807) is 12.1 Å². The van der Waals surface area contributed by atoms with Crippen LogP contribution in [0.1, 0.15) is 29.8 Å². The van der Waals surface area contributed by atoms with Gasteiger partial charge in [0.05, 0.1) is 5.69 Å². The molecule has 0 unspecified atom stereocenters. The number of nitrogens with one attached hydrogen (secondary N) is 2. The number of phenols is 1. The van der Waals surface area contributed by atoms with E-state index in [0.717, 1.165) is 42.5 Å². The van der Waals surface area contributed by atoms with E-state index < -0.39 is 0 Å². The fraction of sp³-hybridized carbons (Fsp3) is 0.412. The van der Waals surface area contributed by atoms with Gasteiger partial charge in [-0.05, 0) is 44.9 Å². The number of phenolic OH excluding ortho intramolecular Hbond substituents is 1. The van der Waals surface area contributed by atoms with Crippen LogP contribution in [0.2, 0.25) is 0 Å². The van der Waals surface area contributed by atoms with Gasteiger partial charge in [-0.3, -0.25) is 0 Å². The Labute approximate surface area is 159 Å². The molecule has 0 aliphatic rings. The van der Waals surface area contributed by atoms with Gasteiger partial charge in [-0.15, -0.1) is 24.0 Å². The Morgan fingerprint density at radius 1 is 1.29 bits per heavy atom. The quantitative estimate of drug-likeness (QED) is 0.363. The Balaban J connectivity index is 0.00000288. The molecule has 1 aromatic carbocycles. The van der Waals surface area contributed by atoms with Crippen LogP contribution in [0.15, 0.2) is 33.7 Å². The summed E-state index contributed by atoms with van der Waals surface area (Å²) in [5.41, 5.74) is 1.98. The summed E-state index contributed by atoms with van der Waals surface area (Å²) in [5, 5.41) is 15.9. The SMILES string of the molecule is CCNC(=NCc1nc(C)c(C)o1)NCCc1cccc(O)c1.I. The first kappa shape index (κ1) is 20.3. The second kappa shape index (κ2) is 10.2. The Bertz CT molecular complexity index is 651. The number of benzene rings is 1. The number of aromatic hydroxyl groups is 1. The standard InChI is InChI=1S/C17H24N4O2.HI/c1-4-18-17(20-11-16-21-12(2)13(3)23-16)19-9-8-14-6-5-7-15(22)10-14;/h5-7,10,22H,4,8-9,11H2,1-3H3,(H2,18,19,20);1H. The lowest BCUT2D eigenvalue weighted by Gasteiger charge is -2.11. The molecule has 0 fully saturated rings. The molecule has 1 heterocycles. The summed E-state index contributed by atoms with van der Waals surface area (Å²) in [7, 11) is 0. The van der Waals surface area contributed by atoms with Crippen LogP contribution >= 0.6 is 24.0 Å². The molecule has 0 spiro atoms. The van der Waals surface area contributed by atoms with Crippen molar-refractivity contribution in [2.75, 3.05) is 13.1 Å². The van der Waals surface area contributed by atoms with Crippen molar-refractivity contribution in [3.05, 3.63) is 47.2 Å². The predicted molar refractivity (Wildman–Crippen MR) is 106 cm³/mol. The zero-order valence-electron chi connectivity index (χ0n) is 14.3. The van der Waals surface area contributed by atoms with Gasteiger partial charge in [-0.1, -0.05) is 12.1 Å². The normalized spacial score (nSPS) is 11.0. The van der Waals surface area contributed by atoms with E-state index in [0.29, 0.717) is 12.4 Å². The number of nitrogens with zero attached hydrogens (tertiary/aromatic N) is 2. The molecule has 3 N–H and O–H groups in total. The fourth-order valence-corrected chi connectivity index (χ4v) is 2.13. The van der Waals surface area contributed by atoms with Crippen molar-refractivity contribution in [2.45, 2.75) is 33.7 Å². The number of oxazole rings is 1. The van der Waals surface area contributed by atoms with Crippen LogP contribution < -0.4 is 10.6 Å². The monoisotopic (exact) mass is 444 g/mol. The maximum atomic E-state index is 9.47. The highest BCUT2D eigenvalue weighted by molar-refractivity contribution is 14.0. The molecule has 6 nitrogen and oxygen atoms in total. The number of rotatable bonds is 6. The number of aliphatic imine (C=N–C) groups is 1. The zero-order chi connectivity index (χ0) is 16.7. The smallest absolute Gasteiger partial charge is 0.216 e. The average molecular weight is 444 g/mol. The van der Waals surface area contributed by atoms with E-state index >= 15 is 0 Å². The van der Waals surface area contributed by atoms with Crippen LogP contribution in [0.5, 0.6) is 5.75 Å². The fourth-order valence-electron chi connectivity index (χ4n) is 2.13. The minimum absolute atomic E-state index is 0. The number of halogens is 1. The van der Waals surface area contributed by atoms with Gasteiger partial charge in [0.2, 0.25) is 5.89 Å². The third-order valence-electron chi connectivity index (χ3n) is 3.41. The number of hydrogen-bond acceptors (Lipinski definition) is 4. The van der Waals surface area contributed by atoms with Crippen molar-refractivity contribution in [2.24, 2.45) is 4.99 Å². The summed E-state index contributed by atoms with van der Waals surface area (Å²) in [5.74, 6) is 2.46. The summed E-state index contributed by atoms with van der Waals surface area (Å²) < 4.78 is 5.53. The molecular weight excluding hydrogens is 419 g/mol. The number of aromatic nitrogens is 1. The Hall–Kier alpha value is -1.77. The van der Waals surface area contributed by atoms with Gasteiger partial charge in [0.1, 0.15) is 18.1 Å². The second-order valence-electron chi connectivity index (χ2n) is 5.29. The molecule has 0 bridgehead atoms. The zero-order valence-corrected chi connectivity index (χ0v) is 16.6. The Kier molecular flexibility index (Phi) is 8.59. The van der Waals surface area contributed by atoms with Gasteiger partial charge in [-0.25, -0.2) is 9.98 Å². The van der Waals surface area contributed by atoms with Crippen molar-refractivity contribution in [1.82, 2.24) is 15.6 Å². The first-order valence-electron chi connectivity index (χ1n) is 7.81. The summed E-state index contributed by atoms with van der Waals surface area (Å²) in [6.07, 6.45) is 0.802. The maximum absolute atomic E-state index is 9.47. The maximum Gasteiger partial charge on any atom is 0.216 e. The lowest BCUT2D eigenvalue weighted by molar-refractivity contribution is 0.472. The van der Waals surface area contributed by atoms with Crippen molar-refractivity contribution < 1.29 is 9.52 Å². The van der Waals surface area contributed by atoms with Crippen LogP contribution in [0.25, 0.3) is 0 Å².